The van der Waals surface area contributed by atoms with E-state index in [2.05, 4.69) is 0 Å². The Morgan fingerprint density at radius 3 is 2.61 bits per heavy atom. The van der Waals surface area contributed by atoms with Crippen molar-refractivity contribution in [3.05, 3.63) is 58.0 Å². The number of halogens is 1. The van der Waals surface area contributed by atoms with Gasteiger partial charge in [-0.05, 0) is 25.5 Å². The van der Waals surface area contributed by atoms with E-state index < -0.39 is 17.2 Å². The molecule has 7 heteroatoms. The van der Waals surface area contributed by atoms with Crippen molar-refractivity contribution in [3.63, 3.8) is 0 Å². The molecule has 0 bridgehead atoms. The molecule has 144 valence electrons. The van der Waals surface area contributed by atoms with E-state index in [1.807, 2.05) is 29.7 Å². The van der Waals surface area contributed by atoms with Gasteiger partial charge in [0.15, 0.2) is 5.75 Å². The van der Waals surface area contributed by atoms with E-state index in [1.165, 1.54) is 24.9 Å². The van der Waals surface area contributed by atoms with E-state index in [0.717, 1.165) is 0 Å². The van der Waals surface area contributed by atoms with Gasteiger partial charge in [-0.2, -0.15) is 0 Å². The number of benzene rings is 2. The Hall–Kier alpha value is -2.80. The van der Waals surface area contributed by atoms with E-state index in [0.29, 0.717) is 16.1 Å². The zero-order valence-corrected chi connectivity index (χ0v) is 16.4. The predicted molar refractivity (Wildman–Crippen MR) is 107 cm³/mol. The van der Waals surface area contributed by atoms with Crippen molar-refractivity contribution >= 4 is 28.6 Å². The third-order valence-corrected chi connectivity index (χ3v) is 5.92. The Kier molecular flexibility index (Phi) is 4.63. The molecule has 0 aliphatic carbocycles. The average Bonchev–Trinajstić information content (AvgIpc) is 2.68. The lowest BCUT2D eigenvalue weighted by Crippen LogP contribution is -2.29. The first kappa shape index (κ1) is 18.6. The lowest BCUT2D eigenvalue weighted by atomic mass is 10.00. The molecule has 5 nitrogen and oxygen atoms in total. The van der Waals surface area contributed by atoms with Crippen LogP contribution < -0.4 is 10.2 Å². The zero-order valence-electron chi connectivity index (χ0n) is 15.6. The van der Waals surface area contributed by atoms with Crippen molar-refractivity contribution in [3.8, 4) is 16.9 Å². The maximum atomic E-state index is 15.1. The number of carbonyl (C=O) groups excluding carboxylic acids is 1. The predicted octanol–water partition coefficient (Wildman–Crippen LogP) is 4.62. The monoisotopic (exact) mass is 399 g/mol. The largest absolute Gasteiger partial charge is 0.494 e. The van der Waals surface area contributed by atoms with Crippen LogP contribution in [-0.2, 0) is 4.74 Å². The van der Waals surface area contributed by atoms with Crippen LogP contribution >= 0.6 is 11.8 Å². The maximum Gasteiger partial charge on any atom is 0.344 e. The van der Waals surface area contributed by atoms with Gasteiger partial charge in [-0.1, -0.05) is 42.1 Å². The van der Waals surface area contributed by atoms with Gasteiger partial charge in [-0.15, -0.1) is 0 Å². The highest BCUT2D eigenvalue weighted by Gasteiger charge is 2.35. The molecule has 0 saturated heterocycles. The number of aromatic nitrogens is 1. The third-order valence-electron chi connectivity index (χ3n) is 4.74. The van der Waals surface area contributed by atoms with Gasteiger partial charge < -0.3 is 14.0 Å². The average molecular weight is 399 g/mol. The van der Waals surface area contributed by atoms with Crippen molar-refractivity contribution in [2.75, 3.05) is 13.7 Å². The van der Waals surface area contributed by atoms with Crippen LogP contribution in [0.1, 0.15) is 29.6 Å². The number of carbonyl (C=O) groups is 1. The Morgan fingerprint density at radius 2 is 2.00 bits per heavy atom. The fraction of sp³-hybridized carbons (Fsp3) is 0.238. The zero-order chi connectivity index (χ0) is 20.0. The molecule has 1 atom stereocenters. The molecule has 4 rings (SSSR count). The smallest absolute Gasteiger partial charge is 0.344 e. The number of hydrogen-bond donors (Lipinski definition) is 0. The molecule has 1 unspecified atom stereocenters. The number of nitrogens with zero attached hydrogens (tertiary/aromatic N) is 1. The molecule has 0 radical (unpaired) electrons. The minimum Gasteiger partial charge on any atom is -0.494 e. The first-order chi connectivity index (χ1) is 13.5. The molecule has 0 fully saturated rings. The van der Waals surface area contributed by atoms with Gasteiger partial charge >= 0.3 is 5.97 Å². The molecular formula is C21H18FNO4S. The molecule has 28 heavy (non-hydrogen) atoms. The van der Waals surface area contributed by atoms with Gasteiger partial charge in [0.2, 0.25) is 5.43 Å². The molecule has 2 heterocycles. The van der Waals surface area contributed by atoms with Crippen molar-refractivity contribution in [1.82, 2.24) is 4.57 Å². The number of esters is 1. The standard InChI is InChI=1S/C21H18FNO4S/c1-4-27-21(25)16-18(24)13-10-14(22)15(12-8-6-5-7-9-12)19(26-3)17(13)23-11(2)28-20(16)23/h5-11H,4H2,1-3H3. The lowest BCUT2D eigenvalue weighted by molar-refractivity contribution is 0.0518. The molecule has 2 aromatic carbocycles. The number of rotatable bonds is 4. The molecule has 1 aliphatic rings. The van der Waals surface area contributed by atoms with Gasteiger partial charge in [-0.25, -0.2) is 9.18 Å². The van der Waals surface area contributed by atoms with Crippen molar-refractivity contribution in [2.45, 2.75) is 24.2 Å². The van der Waals surface area contributed by atoms with Crippen LogP contribution in [0.25, 0.3) is 22.0 Å². The van der Waals surface area contributed by atoms with Crippen LogP contribution in [0.3, 0.4) is 0 Å². The van der Waals surface area contributed by atoms with E-state index in [9.17, 15) is 9.59 Å². The lowest BCUT2D eigenvalue weighted by Gasteiger charge is -2.33. The number of fused-ring (bicyclic) bond motifs is 3. The van der Waals surface area contributed by atoms with Crippen molar-refractivity contribution in [2.24, 2.45) is 0 Å². The second-order valence-corrected chi connectivity index (χ2v) is 7.65. The van der Waals surface area contributed by atoms with E-state index in [1.54, 1.807) is 19.1 Å². The van der Waals surface area contributed by atoms with Gasteiger partial charge in [-0.3, -0.25) is 4.79 Å². The first-order valence-electron chi connectivity index (χ1n) is 8.87. The summed E-state index contributed by atoms with van der Waals surface area (Å²) in [4.78, 5) is 25.5. The molecule has 0 N–H and O–H groups in total. The fourth-order valence-corrected chi connectivity index (χ4v) is 4.70. The maximum absolute atomic E-state index is 15.1. The quantitative estimate of drug-likeness (QED) is 0.600. The highest BCUT2D eigenvalue weighted by molar-refractivity contribution is 8.00. The van der Waals surface area contributed by atoms with Gasteiger partial charge in [0.25, 0.3) is 0 Å². The van der Waals surface area contributed by atoms with Crippen LogP contribution in [0.5, 0.6) is 5.75 Å². The second kappa shape index (κ2) is 6.98. The van der Waals surface area contributed by atoms with E-state index in [-0.39, 0.29) is 34.2 Å². The van der Waals surface area contributed by atoms with Crippen LogP contribution in [0, 0.1) is 5.82 Å². The summed E-state index contributed by atoms with van der Waals surface area (Å²) in [5.74, 6) is -0.992. The number of pyridine rings is 1. The molecule has 0 spiro atoms. The summed E-state index contributed by atoms with van der Waals surface area (Å²) in [5.41, 5.74) is 0.830. The van der Waals surface area contributed by atoms with E-state index in [4.69, 9.17) is 9.47 Å². The Morgan fingerprint density at radius 1 is 1.29 bits per heavy atom. The Balaban J connectivity index is 2.13. The number of thioether (sulfide) groups is 1. The van der Waals surface area contributed by atoms with Gasteiger partial charge in [0.1, 0.15) is 11.4 Å². The number of methoxy groups -OCH3 is 1. The minimum absolute atomic E-state index is 0.0331. The van der Waals surface area contributed by atoms with Crippen LogP contribution in [0.15, 0.2) is 46.2 Å². The summed E-state index contributed by atoms with van der Waals surface area (Å²) < 4.78 is 27.6. The molecule has 3 aromatic rings. The van der Waals surface area contributed by atoms with Crippen molar-refractivity contribution < 1.29 is 18.7 Å². The third kappa shape index (κ3) is 2.61. The summed E-state index contributed by atoms with van der Waals surface area (Å²) in [6.07, 6.45) is 0. The summed E-state index contributed by atoms with van der Waals surface area (Å²) in [7, 11) is 1.45. The highest BCUT2D eigenvalue weighted by atomic mass is 32.2. The van der Waals surface area contributed by atoms with Crippen LogP contribution in [-0.4, -0.2) is 24.3 Å². The molecular weight excluding hydrogens is 381 g/mol. The minimum atomic E-state index is -0.691. The summed E-state index contributed by atoms with van der Waals surface area (Å²) >= 11 is 1.40. The fourth-order valence-electron chi connectivity index (χ4n) is 3.57. The topological polar surface area (TPSA) is 57.5 Å². The molecule has 1 aliphatic heterocycles. The SMILES string of the molecule is CCOC(=O)c1c2n(c3c(OC)c(-c4ccccc4)c(F)cc3c1=O)C(C)S2. The number of ether oxygens (including phenoxy) is 2. The Labute approximate surface area is 165 Å². The molecule has 1 aromatic heterocycles. The van der Waals surface area contributed by atoms with Gasteiger partial charge in [0.05, 0.1) is 40.6 Å². The summed E-state index contributed by atoms with van der Waals surface area (Å²) in [6, 6.07) is 10.2. The molecule has 0 amide bonds. The molecule has 0 saturated carbocycles. The van der Waals surface area contributed by atoms with Crippen molar-refractivity contribution in [1.29, 1.82) is 0 Å². The van der Waals surface area contributed by atoms with Crippen LogP contribution in [0.2, 0.25) is 0 Å². The normalized spacial score (nSPS) is 15.1. The second-order valence-electron chi connectivity index (χ2n) is 6.35. The van der Waals surface area contributed by atoms with E-state index >= 15 is 4.39 Å². The van der Waals surface area contributed by atoms with Gasteiger partial charge in [0, 0.05) is 0 Å². The Bertz CT molecular complexity index is 1160. The summed E-state index contributed by atoms with van der Waals surface area (Å²) in [6.45, 7) is 3.77. The van der Waals surface area contributed by atoms with Crippen LogP contribution in [0.4, 0.5) is 4.39 Å². The first-order valence-corrected chi connectivity index (χ1v) is 9.75. The highest BCUT2D eigenvalue weighted by Crippen LogP contribution is 2.50. The number of hydrogen-bond acceptors (Lipinski definition) is 5. The summed E-state index contributed by atoms with van der Waals surface area (Å²) in [5, 5.41) is 0.592.